The van der Waals surface area contributed by atoms with Crippen LogP contribution >= 0.6 is 0 Å². The van der Waals surface area contributed by atoms with Crippen molar-refractivity contribution in [2.24, 2.45) is 5.92 Å². The van der Waals surface area contributed by atoms with Gasteiger partial charge in [-0.2, -0.15) is 0 Å². The summed E-state index contributed by atoms with van der Waals surface area (Å²) >= 11 is 0. The van der Waals surface area contributed by atoms with Gasteiger partial charge in [-0.25, -0.2) is 4.79 Å². The first-order valence-corrected chi connectivity index (χ1v) is 7.06. The van der Waals surface area contributed by atoms with Crippen molar-refractivity contribution < 1.29 is 24.2 Å². The van der Waals surface area contributed by atoms with E-state index in [1.54, 1.807) is 19.1 Å². The molecule has 0 fully saturated rings. The molecule has 1 aromatic carbocycles. The van der Waals surface area contributed by atoms with Gasteiger partial charge >= 0.3 is 5.97 Å². The normalized spacial score (nSPS) is 11.9. The van der Waals surface area contributed by atoms with Gasteiger partial charge in [-0.1, -0.05) is 13.8 Å². The van der Waals surface area contributed by atoms with Crippen LogP contribution in [-0.2, 0) is 4.79 Å². The van der Waals surface area contributed by atoms with Crippen LogP contribution in [0.2, 0.25) is 0 Å². The van der Waals surface area contributed by atoms with E-state index in [2.05, 4.69) is 5.32 Å². The standard InChI is InChI=1S/C16H23NO5/c1-9(2)6-12(16(19)20)17-15(18)11-8-14(22-5)13(21-4)7-10(11)3/h7-9,12H,6H2,1-5H3,(H,17,18)(H,19,20)/t12-/m1/s1. The van der Waals surface area contributed by atoms with Gasteiger partial charge in [0, 0.05) is 5.56 Å². The Hall–Kier alpha value is -2.24. The molecule has 122 valence electrons. The zero-order chi connectivity index (χ0) is 16.9. The van der Waals surface area contributed by atoms with Crippen LogP contribution in [0, 0.1) is 12.8 Å². The summed E-state index contributed by atoms with van der Waals surface area (Å²) in [7, 11) is 2.99. The van der Waals surface area contributed by atoms with Gasteiger partial charge in [0.25, 0.3) is 5.91 Å². The monoisotopic (exact) mass is 309 g/mol. The van der Waals surface area contributed by atoms with Crippen LogP contribution in [0.1, 0.15) is 36.2 Å². The highest BCUT2D eigenvalue weighted by Crippen LogP contribution is 2.30. The Morgan fingerprint density at radius 3 is 2.18 bits per heavy atom. The van der Waals surface area contributed by atoms with Gasteiger partial charge in [0.2, 0.25) is 0 Å². The summed E-state index contributed by atoms with van der Waals surface area (Å²) in [6, 6.07) is 2.32. The van der Waals surface area contributed by atoms with Gasteiger partial charge in [0.05, 0.1) is 14.2 Å². The van der Waals surface area contributed by atoms with Crippen LogP contribution in [0.5, 0.6) is 11.5 Å². The fourth-order valence-electron chi connectivity index (χ4n) is 2.15. The van der Waals surface area contributed by atoms with Crippen molar-refractivity contribution in [3.05, 3.63) is 23.3 Å². The van der Waals surface area contributed by atoms with E-state index in [9.17, 15) is 14.7 Å². The molecule has 0 radical (unpaired) electrons. The lowest BCUT2D eigenvalue weighted by atomic mass is 10.0. The predicted molar refractivity (Wildman–Crippen MR) is 82.6 cm³/mol. The summed E-state index contributed by atoms with van der Waals surface area (Å²) in [6.45, 7) is 5.57. The molecule has 1 atom stereocenters. The lowest BCUT2D eigenvalue weighted by Crippen LogP contribution is -2.41. The Morgan fingerprint density at radius 2 is 1.73 bits per heavy atom. The molecule has 6 heteroatoms. The smallest absolute Gasteiger partial charge is 0.326 e. The van der Waals surface area contributed by atoms with Crippen LogP contribution in [-0.4, -0.2) is 37.2 Å². The molecule has 0 spiro atoms. The minimum absolute atomic E-state index is 0.160. The predicted octanol–water partition coefficient (Wildman–Crippen LogP) is 2.24. The number of ether oxygens (including phenoxy) is 2. The first-order chi connectivity index (χ1) is 10.3. The molecule has 0 aromatic heterocycles. The molecule has 1 aromatic rings. The molecule has 0 aliphatic rings. The highest BCUT2D eigenvalue weighted by Gasteiger charge is 2.23. The van der Waals surface area contributed by atoms with Gasteiger partial charge in [-0.15, -0.1) is 0 Å². The largest absolute Gasteiger partial charge is 0.493 e. The number of carboxylic acid groups (broad SMARTS) is 1. The van der Waals surface area contributed by atoms with Crippen LogP contribution in [0.3, 0.4) is 0 Å². The van der Waals surface area contributed by atoms with Crippen molar-refractivity contribution in [1.29, 1.82) is 0 Å². The third kappa shape index (κ3) is 4.38. The van der Waals surface area contributed by atoms with Crippen LogP contribution in [0.4, 0.5) is 0 Å². The second kappa shape index (κ2) is 7.68. The molecule has 1 amide bonds. The van der Waals surface area contributed by atoms with Crippen molar-refractivity contribution in [1.82, 2.24) is 5.32 Å². The lowest BCUT2D eigenvalue weighted by molar-refractivity contribution is -0.139. The lowest BCUT2D eigenvalue weighted by Gasteiger charge is -2.18. The Balaban J connectivity index is 3.04. The van der Waals surface area contributed by atoms with Crippen molar-refractivity contribution in [2.75, 3.05) is 14.2 Å². The number of methoxy groups -OCH3 is 2. The average molecular weight is 309 g/mol. The number of carboxylic acids is 1. The van der Waals surface area contributed by atoms with E-state index in [1.807, 2.05) is 13.8 Å². The molecule has 0 saturated carbocycles. The summed E-state index contributed by atoms with van der Waals surface area (Å²) in [5, 5.41) is 11.8. The molecule has 0 bridgehead atoms. The number of hydrogen-bond acceptors (Lipinski definition) is 4. The number of amides is 1. The maximum atomic E-state index is 12.4. The molecule has 0 aliphatic carbocycles. The molecule has 2 N–H and O–H groups in total. The SMILES string of the molecule is COc1cc(C)c(C(=O)N[C@H](CC(C)C)C(=O)O)cc1OC. The van der Waals surface area contributed by atoms with Crippen molar-refractivity contribution in [3.63, 3.8) is 0 Å². The van der Waals surface area contributed by atoms with Gasteiger partial charge in [0.1, 0.15) is 6.04 Å². The summed E-state index contributed by atoms with van der Waals surface area (Å²) in [5.41, 5.74) is 1.05. The number of aliphatic carboxylic acids is 1. The summed E-state index contributed by atoms with van der Waals surface area (Å²) in [4.78, 5) is 23.6. The number of carbonyl (C=O) groups is 2. The summed E-state index contributed by atoms with van der Waals surface area (Å²) in [6.07, 6.45) is 0.368. The Morgan fingerprint density at radius 1 is 1.18 bits per heavy atom. The van der Waals surface area contributed by atoms with E-state index in [1.165, 1.54) is 14.2 Å². The maximum Gasteiger partial charge on any atom is 0.326 e. The minimum atomic E-state index is -1.04. The molecule has 22 heavy (non-hydrogen) atoms. The second-order valence-electron chi connectivity index (χ2n) is 5.52. The number of carbonyl (C=O) groups excluding carboxylic acids is 1. The minimum Gasteiger partial charge on any atom is -0.493 e. The van der Waals surface area contributed by atoms with Crippen LogP contribution in [0.15, 0.2) is 12.1 Å². The quantitative estimate of drug-likeness (QED) is 0.807. The van der Waals surface area contributed by atoms with Crippen LogP contribution in [0.25, 0.3) is 0 Å². The third-order valence-corrected chi connectivity index (χ3v) is 3.29. The number of nitrogens with one attached hydrogen (secondary N) is 1. The number of benzene rings is 1. The van der Waals surface area contributed by atoms with E-state index >= 15 is 0 Å². The van der Waals surface area contributed by atoms with Crippen molar-refractivity contribution in [2.45, 2.75) is 33.2 Å². The van der Waals surface area contributed by atoms with Gasteiger partial charge in [-0.05, 0) is 37.0 Å². The average Bonchev–Trinajstić information content (AvgIpc) is 2.45. The second-order valence-corrected chi connectivity index (χ2v) is 5.52. The Labute approximate surface area is 130 Å². The fourth-order valence-corrected chi connectivity index (χ4v) is 2.15. The van der Waals surface area contributed by atoms with E-state index in [0.717, 1.165) is 0 Å². The Kier molecular flexibility index (Phi) is 6.22. The van der Waals surface area contributed by atoms with Gasteiger partial charge in [0.15, 0.2) is 11.5 Å². The molecular weight excluding hydrogens is 286 g/mol. The molecular formula is C16H23NO5. The zero-order valence-corrected chi connectivity index (χ0v) is 13.6. The van der Waals surface area contributed by atoms with E-state index < -0.39 is 17.9 Å². The number of aryl methyl sites for hydroxylation is 1. The van der Waals surface area contributed by atoms with Crippen molar-refractivity contribution >= 4 is 11.9 Å². The van der Waals surface area contributed by atoms with Gasteiger partial charge < -0.3 is 19.9 Å². The highest BCUT2D eigenvalue weighted by atomic mass is 16.5. The number of hydrogen-bond donors (Lipinski definition) is 2. The maximum absolute atomic E-state index is 12.4. The molecule has 0 heterocycles. The topological polar surface area (TPSA) is 84.9 Å². The molecule has 0 saturated heterocycles. The van der Waals surface area contributed by atoms with E-state index in [4.69, 9.17) is 9.47 Å². The summed E-state index contributed by atoms with van der Waals surface area (Å²) < 4.78 is 10.4. The van der Waals surface area contributed by atoms with E-state index in [-0.39, 0.29) is 5.92 Å². The van der Waals surface area contributed by atoms with Crippen molar-refractivity contribution in [3.8, 4) is 11.5 Å². The van der Waals surface area contributed by atoms with E-state index in [0.29, 0.717) is 29.0 Å². The van der Waals surface area contributed by atoms with Gasteiger partial charge in [-0.3, -0.25) is 4.79 Å². The summed E-state index contributed by atoms with van der Waals surface area (Å²) in [5.74, 6) is -0.373. The Bertz CT molecular complexity index is 554. The zero-order valence-electron chi connectivity index (χ0n) is 13.6. The number of rotatable bonds is 7. The molecule has 1 rings (SSSR count). The highest BCUT2D eigenvalue weighted by molar-refractivity contribution is 5.98. The first kappa shape index (κ1) is 17.8. The first-order valence-electron chi connectivity index (χ1n) is 7.06. The fraction of sp³-hybridized carbons (Fsp3) is 0.500. The molecule has 0 aliphatic heterocycles. The van der Waals surface area contributed by atoms with Crippen LogP contribution < -0.4 is 14.8 Å². The third-order valence-electron chi connectivity index (χ3n) is 3.29. The molecule has 0 unspecified atom stereocenters. The molecule has 6 nitrogen and oxygen atoms in total.